The van der Waals surface area contributed by atoms with Crippen LogP contribution in [0.1, 0.15) is 64.2 Å². The predicted octanol–water partition coefficient (Wildman–Crippen LogP) is 3.32. The Bertz CT molecular complexity index is 332. The Labute approximate surface area is 116 Å². The van der Waals surface area contributed by atoms with Crippen LogP contribution in [0, 0.1) is 0 Å². The molecule has 1 saturated carbocycles. The van der Waals surface area contributed by atoms with Gasteiger partial charge in [0.25, 0.3) is 0 Å². The van der Waals surface area contributed by atoms with Gasteiger partial charge >= 0.3 is 0 Å². The molecule has 19 heavy (non-hydrogen) atoms. The molecule has 108 valence electrons. The van der Waals surface area contributed by atoms with E-state index in [4.69, 9.17) is 9.47 Å². The third-order valence-corrected chi connectivity index (χ3v) is 5.04. The maximum atomic E-state index is 11.0. The molecule has 3 heteroatoms. The lowest BCUT2D eigenvalue weighted by Crippen LogP contribution is -2.44. The van der Waals surface area contributed by atoms with Crippen molar-refractivity contribution in [2.75, 3.05) is 13.2 Å². The van der Waals surface area contributed by atoms with Crippen LogP contribution in [-0.4, -0.2) is 29.7 Å². The average Bonchev–Trinajstić information content (AvgIpc) is 2.82. The second-order valence-corrected chi connectivity index (χ2v) is 6.32. The fraction of sp³-hybridized carbons (Fsp3) is 0.875. The normalized spacial score (nSPS) is 30.7. The maximum Gasteiger partial charge on any atom is 0.168 e. The molecule has 2 fully saturated rings. The molecule has 0 aromatic carbocycles. The zero-order chi connectivity index (χ0) is 13.2. The zero-order valence-corrected chi connectivity index (χ0v) is 11.8. The lowest BCUT2D eigenvalue weighted by Gasteiger charge is -2.42. The number of hydrogen-bond donors (Lipinski definition) is 1. The van der Waals surface area contributed by atoms with Crippen LogP contribution in [0.3, 0.4) is 0 Å². The standard InChI is InChI=1S/C16H26O3/c17-15(14-6-4-2-1-3-5-7-14)8-10-16(11-9-15)18-12-13-19-16/h6,17H,1-5,7-13H2. The summed E-state index contributed by atoms with van der Waals surface area (Å²) >= 11 is 0. The van der Waals surface area contributed by atoms with E-state index in [1.807, 2.05) is 0 Å². The molecule has 1 saturated heterocycles. The van der Waals surface area contributed by atoms with Crippen LogP contribution in [0.25, 0.3) is 0 Å². The maximum absolute atomic E-state index is 11.0. The van der Waals surface area contributed by atoms with E-state index in [0.29, 0.717) is 13.2 Å². The van der Waals surface area contributed by atoms with E-state index >= 15 is 0 Å². The van der Waals surface area contributed by atoms with E-state index in [2.05, 4.69) is 6.08 Å². The van der Waals surface area contributed by atoms with Gasteiger partial charge in [-0.25, -0.2) is 0 Å². The molecule has 0 unspecified atom stereocenters. The van der Waals surface area contributed by atoms with Gasteiger partial charge in [0.2, 0.25) is 0 Å². The lowest BCUT2D eigenvalue weighted by atomic mass is 9.74. The van der Waals surface area contributed by atoms with Gasteiger partial charge < -0.3 is 14.6 Å². The lowest BCUT2D eigenvalue weighted by molar-refractivity contribution is -0.197. The second kappa shape index (κ2) is 5.55. The van der Waals surface area contributed by atoms with Crippen molar-refractivity contribution in [3.63, 3.8) is 0 Å². The first kappa shape index (κ1) is 13.6. The predicted molar refractivity (Wildman–Crippen MR) is 73.8 cm³/mol. The van der Waals surface area contributed by atoms with E-state index in [0.717, 1.165) is 38.5 Å². The summed E-state index contributed by atoms with van der Waals surface area (Å²) in [6, 6.07) is 0. The highest BCUT2D eigenvalue weighted by molar-refractivity contribution is 5.19. The Morgan fingerprint density at radius 2 is 1.58 bits per heavy atom. The van der Waals surface area contributed by atoms with Crippen LogP contribution in [-0.2, 0) is 9.47 Å². The number of aliphatic hydroxyl groups is 1. The van der Waals surface area contributed by atoms with Crippen molar-refractivity contribution in [1.29, 1.82) is 0 Å². The van der Waals surface area contributed by atoms with E-state index in [9.17, 15) is 5.11 Å². The van der Waals surface area contributed by atoms with E-state index in [-0.39, 0.29) is 5.79 Å². The summed E-state index contributed by atoms with van der Waals surface area (Å²) in [7, 11) is 0. The van der Waals surface area contributed by atoms with Gasteiger partial charge in [0.1, 0.15) is 0 Å². The fourth-order valence-electron chi connectivity index (χ4n) is 3.77. The van der Waals surface area contributed by atoms with Crippen LogP contribution in [0.15, 0.2) is 11.6 Å². The SMILES string of the molecule is OC1(C2=CCCCCCC2)CCC2(CC1)OCCO2. The third-order valence-electron chi connectivity index (χ3n) is 5.04. The summed E-state index contributed by atoms with van der Waals surface area (Å²) in [6.07, 6.45) is 12.9. The summed E-state index contributed by atoms with van der Waals surface area (Å²) in [4.78, 5) is 0. The van der Waals surface area contributed by atoms with Gasteiger partial charge in [-0.1, -0.05) is 18.9 Å². The van der Waals surface area contributed by atoms with E-state index < -0.39 is 5.60 Å². The molecule has 0 amide bonds. The summed E-state index contributed by atoms with van der Waals surface area (Å²) in [5, 5.41) is 11.0. The molecule has 0 aromatic rings. The number of allylic oxidation sites excluding steroid dienone is 1. The Morgan fingerprint density at radius 1 is 0.895 bits per heavy atom. The third kappa shape index (κ3) is 2.88. The Morgan fingerprint density at radius 3 is 2.32 bits per heavy atom. The van der Waals surface area contributed by atoms with Crippen molar-refractivity contribution in [3.8, 4) is 0 Å². The summed E-state index contributed by atoms with van der Waals surface area (Å²) in [5.41, 5.74) is 0.706. The summed E-state index contributed by atoms with van der Waals surface area (Å²) in [6.45, 7) is 1.42. The Kier molecular flexibility index (Phi) is 3.97. The zero-order valence-electron chi connectivity index (χ0n) is 11.8. The van der Waals surface area contributed by atoms with Crippen molar-refractivity contribution in [3.05, 3.63) is 11.6 Å². The van der Waals surface area contributed by atoms with Crippen molar-refractivity contribution in [1.82, 2.24) is 0 Å². The first-order valence-electron chi connectivity index (χ1n) is 7.92. The van der Waals surface area contributed by atoms with Crippen molar-refractivity contribution in [2.24, 2.45) is 0 Å². The minimum atomic E-state index is -0.585. The minimum absolute atomic E-state index is 0.367. The molecule has 3 nitrogen and oxygen atoms in total. The number of hydrogen-bond acceptors (Lipinski definition) is 3. The molecular formula is C16H26O3. The average molecular weight is 266 g/mol. The molecule has 0 atom stereocenters. The van der Waals surface area contributed by atoms with Crippen LogP contribution in [0.5, 0.6) is 0 Å². The van der Waals surface area contributed by atoms with Crippen LogP contribution >= 0.6 is 0 Å². The van der Waals surface area contributed by atoms with E-state index in [1.165, 1.54) is 31.3 Å². The number of rotatable bonds is 1. The molecule has 3 rings (SSSR count). The quantitative estimate of drug-likeness (QED) is 0.740. The van der Waals surface area contributed by atoms with Crippen molar-refractivity contribution in [2.45, 2.75) is 75.6 Å². The second-order valence-electron chi connectivity index (χ2n) is 6.32. The van der Waals surface area contributed by atoms with Gasteiger partial charge in [-0.15, -0.1) is 0 Å². The van der Waals surface area contributed by atoms with Crippen LogP contribution < -0.4 is 0 Å². The monoisotopic (exact) mass is 266 g/mol. The first-order chi connectivity index (χ1) is 9.23. The molecule has 1 N–H and O–H groups in total. The van der Waals surface area contributed by atoms with Gasteiger partial charge in [-0.3, -0.25) is 0 Å². The highest BCUT2D eigenvalue weighted by atomic mass is 16.7. The minimum Gasteiger partial charge on any atom is -0.386 e. The van der Waals surface area contributed by atoms with Crippen molar-refractivity contribution >= 4 is 0 Å². The van der Waals surface area contributed by atoms with Gasteiger partial charge in [0.15, 0.2) is 5.79 Å². The van der Waals surface area contributed by atoms with Crippen LogP contribution in [0.4, 0.5) is 0 Å². The van der Waals surface area contributed by atoms with Gasteiger partial charge in [0.05, 0.1) is 18.8 Å². The first-order valence-corrected chi connectivity index (χ1v) is 7.92. The molecule has 2 aliphatic carbocycles. The van der Waals surface area contributed by atoms with Crippen LogP contribution in [0.2, 0.25) is 0 Å². The van der Waals surface area contributed by atoms with Crippen molar-refractivity contribution < 1.29 is 14.6 Å². The Balaban J connectivity index is 1.66. The molecule has 3 aliphatic rings. The highest BCUT2D eigenvalue weighted by Crippen LogP contribution is 2.44. The highest BCUT2D eigenvalue weighted by Gasteiger charge is 2.46. The van der Waals surface area contributed by atoms with Gasteiger partial charge in [-0.2, -0.15) is 0 Å². The molecule has 0 aromatic heterocycles. The van der Waals surface area contributed by atoms with Gasteiger partial charge in [0, 0.05) is 12.8 Å². The molecule has 1 heterocycles. The topological polar surface area (TPSA) is 38.7 Å². The number of ether oxygens (including phenoxy) is 2. The van der Waals surface area contributed by atoms with Gasteiger partial charge in [-0.05, 0) is 44.1 Å². The molecule has 1 aliphatic heterocycles. The fourth-order valence-corrected chi connectivity index (χ4v) is 3.77. The molecular weight excluding hydrogens is 240 g/mol. The molecule has 0 bridgehead atoms. The molecule has 0 radical (unpaired) electrons. The summed E-state index contributed by atoms with van der Waals surface area (Å²) in [5.74, 6) is -0.367. The Hall–Kier alpha value is -0.380. The smallest absolute Gasteiger partial charge is 0.168 e. The van der Waals surface area contributed by atoms with E-state index in [1.54, 1.807) is 0 Å². The molecule has 1 spiro atoms. The summed E-state index contributed by atoms with van der Waals surface area (Å²) < 4.78 is 11.5. The largest absolute Gasteiger partial charge is 0.386 e.